The van der Waals surface area contributed by atoms with E-state index >= 15 is 0 Å². The van der Waals surface area contributed by atoms with Crippen LogP contribution in [0.3, 0.4) is 0 Å². The van der Waals surface area contributed by atoms with Crippen molar-refractivity contribution >= 4 is 0 Å². The van der Waals surface area contributed by atoms with Crippen LogP contribution in [0.15, 0.2) is 0 Å². The summed E-state index contributed by atoms with van der Waals surface area (Å²) in [7, 11) is 0. The second-order valence-corrected chi connectivity index (χ2v) is 2.98. The molecule has 2 atom stereocenters. The summed E-state index contributed by atoms with van der Waals surface area (Å²) in [5.74, 6) is 0. The average molecular weight is 160 g/mol. The summed E-state index contributed by atoms with van der Waals surface area (Å²) < 4.78 is 5.33. The van der Waals surface area contributed by atoms with Crippen LogP contribution in [0.1, 0.15) is 25.7 Å². The molecule has 0 spiro atoms. The topological polar surface area (TPSA) is 49.7 Å². The van der Waals surface area contributed by atoms with Crippen LogP contribution < -0.4 is 0 Å². The smallest absolute Gasteiger partial charge is 0.0834 e. The van der Waals surface area contributed by atoms with Crippen LogP contribution in [-0.4, -0.2) is 35.6 Å². The lowest BCUT2D eigenvalue weighted by Gasteiger charge is -2.27. The Morgan fingerprint density at radius 1 is 1.45 bits per heavy atom. The molecule has 3 heteroatoms. The van der Waals surface area contributed by atoms with Gasteiger partial charge in [-0.1, -0.05) is 0 Å². The lowest BCUT2D eigenvalue weighted by atomic mass is 10.0. The van der Waals surface area contributed by atoms with E-state index in [4.69, 9.17) is 9.84 Å². The highest BCUT2D eigenvalue weighted by atomic mass is 16.5. The third-order valence-corrected chi connectivity index (χ3v) is 2.05. The standard InChI is InChI=1S/C8H16O3/c9-5-1-4-8-7(10)3-2-6-11-8/h7-10H,1-6H2/t7-,8+/m0/s1. The quantitative estimate of drug-likeness (QED) is 0.624. The van der Waals surface area contributed by atoms with E-state index in [1.54, 1.807) is 0 Å². The fraction of sp³-hybridized carbons (Fsp3) is 1.00. The predicted molar refractivity (Wildman–Crippen MR) is 41.3 cm³/mol. The number of ether oxygens (including phenoxy) is 1. The predicted octanol–water partition coefficient (Wildman–Crippen LogP) is 0.299. The largest absolute Gasteiger partial charge is 0.396 e. The maximum Gasteiger partial charge on any atom is 0.0834 e. The number of aliphatic hydroxyl groups is 2. The van der Waals surface area contributed by atoms with Gasteiger partial charge in [0.25, 0.3) is 0 Å². The molecule has 1 aliphatic rings. The highest BCUT2D eigenvalue weighted by molar-refractivity contribution is 4.72. The van der Waals surface area contributed by atoms with E-state index in [-0.39, 0.29) is 18.8 Å². The minimum Gasteiger partial charge on any atom is -0.396 e. The first-order valence-electron chi connectivity index (χ1n) is 4.25. The van der Waals surface area contributed by atoms with Gasteiger partial charge >= 0.3 is 0 Å². The highest BCUT2D eigenvalue weighted by Gasteiger charge is 2.22. The SMILES string of the molecule is OCCC[C@H]1OCCC[C@@H]1O. The number of rotatable bonds is 3. The van der Waals surface area contributed by atoms with Crippen LogP contribution in [0.25, 0.3) is 0 Å². The summed E-state index contributed by atoms with van der Waals surface area (Å²) in [5.41, 5.74) is 0. The Labute approximate surface area is 67.0 Å². The molecule has 1 rings (SSSR count). The van der Waals surface area contributed by atoms with Gasteiger partial charge in [0.15, 0.2) is 0 Å². The second-order valence-electron chi connectivity index (χ2n) is 2.98. The maximum absolute atomic E-state index is 9.39. The van der Waals surface area contributed by atoms with Crippen LogP contribution in [0.5, 0.6) is 0 Å². The minimum atomic E-state index is -0.310. The van der Waals surface area contributed by atoms with Crippen LogP contribution >= 0.6 is 0 Å². The van der Waals surface area contributed by atoms with Crippen LogP contribution in [0.2, 0.25) is 0 Å². The molecule has 11 heavy (non-hydrogen) atoms. The normalized spacial score (nSPS) is 32.2. The van der Waals surface area contributed by atoms with Crippen molar-refractivity contribution < 1.29 is 14.9 Å². The van der Waals surface area contributed by atoms with Crippen molar-refractivity contribution in [1.29, 1.82) is 0 Å². The molecule has 1 saturated heterocycles. The van der Waals surface area contributed by atoms with Crippen molar-refractivity contribution in [1.82, 2.24) is 0 Å². The van der Waals surface area contributed by atoms with Gasteiger partial charge in [0.2, 0.25) is 0 Å². The molecule has 1 heterocycles. The molecular weight excluding hydrogens is 144 g/mol. The second kappa shape index (κ2) is 4.70. The third kappa shape index (κ3) is 2.77. The van der Waals surface area contributed by atoms with Gasteiger partial charge in [0, 0.05) is 13.2 Å². The molecule has 0 bridgehead atoms. The zero-order valence-corrected chi connectivity index (χ0v) is 6.70. The van der Waals surface area contributed by atoms with Gasteiger partial charge in [-0.15, -0.1) is 0 Å². The summed E-state index contributed by atoms with van der Waals surface area (Å²) >= 11 is 0. The Morgan fingerprint density at radius 2 is 2.27 bits per heavy atom. The van der Waals surface area contributed by atoms with Gasteiger partial charge in [-0.2, -0.15) is 0 Å². The molecule has 0 aromatic carbocycles. The zero-order chi connectivity index (χ0) is 8.10. The highest BCUT2D eigenvalue weighted by Crippen LogP contribution is 2.17. The Balaban J connectivity index is 2.18. The molecule has 2 N–H and O–H groups in total. The van der Waals surface area contributed by atoms with Gasteiger partial charge in [-0.3, -0.25) is 0 Å². The van der Waals surface area contributed by atoms with Gasteiger partial charge in [0.1, 0.15) is 0 Å². The van der Waals surface area contributed by atoms with E-state index in [1.165, 1.54) is 0 Å². The molecule has 0 saturated carbocycles. The van der Waals surface area contributed by atoms with Crippen molar-refractivity contribution in [2.24, 2.45) is 0 Å². The molecule has 0 amide bonds. The number of aliphatic hydroxyl groups excluding tert-OH is 2. The molecule has 0 aromatic rings. The van der Waals surface area contributed by atoms with Crippen molar-refractivity contribution in [3.63, 3.8) is 0 Å². The minimum absolute atomic E-state index is 0.0316. The van der Waals surface area contributed by atoms with Gasteiger partial charge in [0.05, 0.1) is 12.2 Å². The first-order valence-corrected chi connectivity index (χ1v) is 4.25. The maximum atomic E-state index is 9.39. The Hall–Kier alpha value is -0.120. The number of hydrogen-bond donors (Lipinski definition) is 2. The lowest BCUT2D eigenvalue weighted by molar-refractivity contribution is -0.0785. The molecule has 3 nitrogen and oxygen atoms in total. The van der Waals surface area contributed by atoms with Crippen LogP contribution in [0.4, 0.5) is 0 Å². The molecule has 66 valence electrons. The van der Waals surface area contributed by atoms with Crippen molar-refractivity contribution in [3.8, 4) is 0 Å². The Bertz CT molecular complexity index is 106. The van der Waals surface area contributed by atoms with E-state index in [1.807, 2.05) is 0 Å². The van der Waals surface area contributed by atoms with Crippen molar-refractivity contribution in [2.75, 3.05) is 13.2 Å². The molecular formula is C8H16O3. The monoisotopic (exact) mass is 160 g/mol. The molecule has 0 aliphatic carbocycles. The van der Waals surface area contributed by atoms with Crippen LogP contribution in [0, 0.1) is 0 Å². The molecule has 0 radical (unpaired) electrons. The summed E-state index contributed by atoms with van der Waals surface area (Å²) in [6.45, 7) is 0.944. The summed E-state index contributed by atoms with van der Waals surface area (Å²) in [6.07, 6.45) is 2.96. The zero-order valence-electron chi connectivity index (χ0n) is 6.70. The summed E-state index contributed by atoms with van der Waals surface area (Å²) in [5, 5.41) is 17.9. The van der Waals surface area contributed by atoms with Gasteiger partial charge in [-0.25, -0.2) is 0 Å². The Morgan fingerprint density at radius 3 is 2.91 bits per heavy atom. The summed E-state index contributed by atoms with van der Waals surface area (Å²) in [6, 6.07) is 0. The lowest BCUT2D eigenvalue weighted by Crippen LogP contribution is -2.33. The van der Waals surface area contributed by atoms with Gasteiger partial charge in [-0.05, 0) is 25.7 Å². The fourth-order valence-corrected chi connectivity index (χ4v) is 1.39. The van der Waals surface area contributed by atoms with Crippen molar-refractivity contribution in [2.45, 2.75) is 37.9 Å². The van der Waals surface area contributed by atoms with E-state index in [0.29, 0.717) is 0 Å². The summed E-state index contributed by atoms with van der Waals surface area (Å²) in [4.78, 5) is 0. The fourth-order valence-electron chi connectivity index (χ4n) is 1.39. The van der Waals surface area contributed by atoms with Crippen LogP contribution in [-0.2, 0) is 4.74 Å². The first-order chi connectivity index (χ1) is 5.34. The molecule has 1 fully saturated rings. The molecule has 1 aliphatic heterocycles. The average Bonchev–Trinajstić information content (AvgIpc) is 2.03. The molecule has 0 unspecified atom stereocenters. The van der Waals surface area contributed by atoms with E-state index in [2.05, 4.69) is 0 Å². The van der Waals surface area contributed by atoms with E-state index in [9.17, 15) is 5.11 Å². The Kier molecular flexibility index (Phi) is 3.83. The first kappa shape index (κ1) is 8.97. The van der Waals surface area contributed by atoms with E-state index in [0.717, 1.165) is 32.3 Å². The van der Waals surface area contributed by atoms with E-state index < -0.39 is 0 Å². The molecule has 0 aromatic heterocycles. The third-order valence-electron chi connectivity index (χ3n) is 2.05. The van der Waals surface area contributed by atoms with Crippen molar-refractivity contribution in [3.05, 3.63) is 0 Å². The number of hydrogen-bond acceptors (Lipinski definition) is 3. The van der Waals surface area contributed by atoms with Gasteiger partial charge < -0.3 is 14.9 Å².